The average molecular weight is 287 g/mol. The predicted molar refractivity (Wildman–Crippen MR) is 79.2 cm³/mol. The number of fused-ring (bicyclic) bond motifs is 1. The van der Waals surface area contributed by atoms with Crippen molar-refractivity contribution in [3.63, 3.8) is 0 Å². The smallest absolute Gasteiger partial charge is 0.145 e. The number of ether oxygens (including phenoxy) is 1. The zero-order chi connectivity index (χ0) is 14.7. The molecule has 112 valence electrons. The van der Waals surface area contributed by atoms with Gasteiger partial charge in [0.05, 0.1) is 0 Å². The van der Waals surface area contributed by atoms with Gasteiger partial charge in [0.15, 0.2) is 0 Å². The Morgan fingerprint density at radius 3 is 3.05 bits per heavy atom. The van der Waals surface area contributed by atoms with Crippen LogP contribution in [-0.2, 0) is 13.0 Å². The third kappa shape index (κ3) is 2.93. The number of hydrogen-bond donors (Lipinski definition) is 1. The second-order valence-electron chi connectivity index (χ2n) is 5.41. The van der Waals surface area contributed by atoms with E-state index in [0.717, 1.165) is 30.1 Å². The first-order chi connectivity index (χ1) is 10.3. The summed E-state index contributed by atoms with van der Waals surface area (Å²) < 4.78 is 10.7. The van der Waals surface area contributed by atoms with Crippen LogP contribution in [-0.4, -0.2) is 16.9 Å². The third-order valence-electron chi connectivity index (χ3n) is 4.03. The van der Waals surface area contributed by atoms with Gasteiger partial charge in [0.25, 0.3) is 0 Å². The second-order valence-corrected chi connectivity index (χ2v) is 5.41. The molecule has 1 N–H and O–H groups in total. The van der Waals surface area contributed by atoms with E-state index in [9.17, 15) is 0 Å². The molecule has 1 heterocycles. The summed E-state index contributed by atoms with van der Waals surface area (Å²) in [5, 5.41) is 11.2. The molecule has 1 aromatic heterocycles. The van der Waals surface area contributed by atoms with Crippen LogP contribution in [0.4, 0.5) is 0 Å². The molecule has 0 fully saturated rings. The van der Waals surface area contributed by atoms with Gasteiger partial charge in [-0.15, -0.1) is 0 Å². The van der Waals surface area contributed by atoms with E-state index in [1.165, 1.54) is 24.0 Å². The number of nitrogens with one attached hydrogen (secondary N) is 1. The first-order valence-electron chi connectivity index (χ1n) is 7.55. The molecule has 1 unspecified atom stereocenters. The van der Waals surface area contributed by atoms with Gasteiger partial charge in [0.2, 0.25) is 0 Å². The minimum Gasteiger partial charge on any atom is -0.487 e. The van der Waals surface area contributed by atoms with Gasteiger partial charge in [-0.2, -0.15) is 0 Å². The minimum absolute atomic E-state index is 0.400. The molecule has 0 saturated carbocycles. The highest BCUT2D eigenvalue weighted by atomic mass is 16.6. The Kier molecular flexibility index (Phi) is 4.20. The Morgan fingerprint density at radius 2 is 2.29 bits per heavy atom. The highest BCUT2D eigenvalue weighted by Gasteiger charge is 2.22. The molecule has 0 spiro atoms. The Balaban J connectivity index is 1.80. The predicted octanol–water partition coefficient (Wildman–Crippen LogP) is 2.94. The lowest BCUT2D eigenvalue weighted by Gasteiger charge is -2.27. The van der Waals surface area contributed by atoms with Crippen molar-refractivity contribution in [1.29, 1.82) is 0 Å². The number of hydrogen-bond acceptors (Lipinski definition) is 5. The van der Waals surface area contributed by atoms with Crippen molar-refractivity contribution >= 4 is 0 Å². The molecule has 0 saturated heterocycles. The van der Waals surface area contributed by atoms with Crippen LogP contribution >= 0.6 is 0 Å². The SMILES string of the molecule is CCNC1CCCc2c(OCc3nonc3C)cccc21. The Morgan fingerprint density at radius 1 is 1.38 bits per heavy atom. The molecule has 2 aromatic rings. The fraction of sp³-hybridized carbons (Fsp3) is 0.500. The summed E-state index contributed by atoms with van der Waals surface area (Å²) in [5.74, 6) is 0.956. The van der Waals surface area contributed by atoms with Crippen LogP contribution in [0.3, 0.4) is 0 Å². The van der Waals surface area contributed by atoms with Gasteiger partial charge in [-0.25, -0.2) is 4.63 Å². The first-order valence-corrected chi connectivity index (χ1v) is 7.55. The molecule has 1 aliphatic carbocycles. The van der Waals surface area contributed by atoms with Gasteiger partial charge in [0, 0.05) is 6.04 Å². The van der Waals surface area contributed by atoms with Crippen LogP contribution in [0.25, 0.3) is 0 Å². The maximum atomic E-state index is 5.97. The fourth-order valence-electron chi connectivity index (χ4n) is 2.94. The largest absolute Gasteiger partial charge is 0.487 e. The zero-order valence-corrected chi connectivity index (χ0v) is 12.6. The lowest BCUT2D eigenvalue weighted by Crippen LogP contribution is -2.25. The van der Waals surface area contributed by atoms with E-state index >= 15 is 0 Å². The summed E-state index contributed by atoms with van der Waals surface area (Å²) >= 11 is 0. The Bertz CT molecular complexity index is 609. The highest BCUT2D eigenvalue weighted by Crippen LogP contribution is 2.35. The maximum Gasteiger partial charge on any atom is 0.145 e. The summed E-state index contributed by atoms with van der Waals surface area (Å²) in [6.45, 7) is 5.41. The summed E-state index contributed by atoms with van der Waals surface area (Å²) in [6.07, 6.45) is 3.45. The third-order valence-corrected chi connectivity index (χ3v) is 4.03. The van der Waals surface area contributed by atoms with Crippen LogP contribution in [0.1, 0.15) is 48.3 Å². The lowest BCUT2D eigenvalue weighted by atomic mass is 9.87. The minimum atomic E-state index is 0.400. The molecule has 1 aromatic carbocycles. The van der Waals surface area contributed by atoms with Crippen molar-refractivity contribution in [2.24, 2.45) is 0 Å². The van der Waals surface area contributed by atoms with Gasteiger partial charge >= 0.3 is 0 Å². The number of nitrogens with zero attached hydrogens (tertiary/aromatic N) is 2. The van der Waals surface area contributed by atoms with Crippen molar-refractivity contribution in [2.45, 2.75) is 45.8 Å². The molecule has 21 heavy (non-hydrogen) atoms. The van der Waals surface area contributed by atoms with E-state index in [4.69, 9.17) is 9.37 Å². The van der Waals surface area contributed by atoms with Crippen molar-refractivity contribution < 1.29 is 9.37 Å². The summed E-state index contributed by atoms with van der Waals surface area (Å²) in [4.78, 5) is 0. The van der Waals surface area contributed by atoms with Crippen LogP contribution in [0.2, 0.25) is 0 Å². The number of rotatable bonds is 5. The van der Waals surface area contributed by atoms with E-state index in [2.05, 4.69) is 34.7 Å². The number of aryl methyl sites for hydroxylation is 1. The number of aromatic nitrogens is 2. The van der Waals surface area contributed by atoms with Crippen molar-refractivity contribution in [1.82, 2.24) is 15.6 Å². The Hall–Kier alpha value is -1.88. The molecular weight excluding hydrogens is 266 g/mol. The van der Waals surface area contributed by atoms with Crippen LogP contribution in [0.5, 0.6) is 5.75 Å². The monoisotopic (exact) mass is 287 g/mol. The molecule has 1 aliphatic rings. The standard InChI is InChI=1S/C16H21N3O2/c1-3-17-14-8-4-7-13-12(14)6-5-9-16(13)20-10-15-11(2)18-21-19-15/h5-6,9,14,17H,3-4,7-8,10H2,1-2H3. The molecule has 3 rings (SSSR count). The highest BCUT2D eigenvalue weighted by molar-refractivity contribution is 5.43. The topological polar surface area (TPSA) is 60.2 Å². The lowest BCUT2D eigenvalue weighted by molar-refractivity contribution is 0.267. The van der Waals surface area contributed by atoms with Gasteiger partial charge in [-0.3, -0.25) is 0 Å². The number of benzene rings is 1. The molecule has 0 aliphatic heterocycles. The van der Waals surface area contributed by atoms with Gasteiger partial charge in [0.1, 0.15) is 23.7 Å². The van der Waals surface area contributed by atoms with E-state index < -0.39 is 0 Å². The van der Waals surface area contributed by atoms with Crippen molar-refractivity contribution in [3.8, 4) is 5.75 Å². The van der Waals surface area contributed by atoms with Crippen LogP contribution in [0, 0.1) is 6.92 Å². The molecule has 5 heteroatoms. The van der Waals surface area contributed by atoms with Gasteiger partial charge in [-0.05, 0) is 49.9 Å². The molecule has 1 atom stereocenters. The van der Waals surface area contributed by atoms with E-state index in [1.54, 1.807) is 0 Å². The van der Waals surface area contributed by atoms with E-state index in [0.29, 0.717) is 12.6 Å². The first kappa shape index (κ1) is 14.1. The zero-order valence-electron chi connectivity index (χ0n) is 12.6. The van der Waals surface area contributed by atoms with Gasteiger partial charge in [-0.1, -0.05) is 29.4 Å². The average Bonchev–Trinajstić information content (AvgIpc) is 2.91. The summed E-state index contributed by atoms with van der Waals surface area (Å²) in [7, 11) is 0. The summed E-state index contributed by atoms with van der Waals surface area (Å²) in [6, 6.07) is 6.75. The normalized spacial score (nSPS) is 17.5. The Labute approximate surface area is 124 Å². The van der Waals surface area contributed by atoms with Crippen molar-refractivity contribution in [2.75, 3.05) is 6.54 Å². The fourth-order valence-corrected chi connectivity index (χ4v) is 2.94. The molecule has 0 radical (unpaired) electrons. The molecule has 0 amide bonds. The van der Waals surface area contributed by atoms with E-state index in [1.807, 2.05) is 13.0 Å². The second kappa shape index (κ2) is 6.26. The van der Waals surface area contributed by atoms with Crippen LogP contribution in [0.15, 0.2) is 22.8 Å². The quantitative estimate of drug-likeness (QED) is 0.916. The van der Waals surface area contributed by atoms with E-state index in [-0.39, 0.29) is 0 Å². The molecule has 5 nitrogen and oxygen atoms in total. The van der Waals surface area contributed by atoms with Gasteiger partial charge < -0.3 is 10.1 Å². The maximum absolute atomic E-state index is 5.97. The molecule has 0 bridgehead atoms. The summed E-state index contributed by atoms with van der Waals surface area (Å²) in [5.41, 5.74) is 4.23. The van der Waals surface area contributed by atoms with Crippen molar-refractivity contribution in [3.05, 3.63) is 40.7 Å². The van der Waals surface area contributed by atoms with Crippen LogP contribution < -0.4 is 10.1 Å². The molecular formula is C16H21N3O2.